The Bertz CT molecular complexity index is 670. The van der Waals surface area contributed by atoms with Crippen LogP contribution in [0.4, 0.5) is 5.95 Å². The minimum atomic E-state index is 0.000826. The number of H-pyrrole nitrogens is 1. The first-order valence-corrected chi connectivity index (χ1v) is 7.02. The molecule has 1 N–H and O–H groups in total. The van der Waals surface area contributed by atoms with E-state index in [0.717, 1.165) is 36.1 Å². The van der Waals surface area contributed by atoms with Gasteiger partial charge in [0.15, 0.2) is 0 Å². The van der Waals surface area contributed by atoms with E-state index in [9.17, 15) is 4.79 Å². The number of fused-ring (bicyclic) bond motifs is 3. The van der Waals surface area contributed by atoms with Gasteiger partial charge in [-0.3, -0.25) is 9.78 Å². The average Bonchev–Trinajstić information content (AvgIpc) is 2.62. The number of hydrogen-bond acceptors (Lipinski definition) is 5. The number of aromatic amines is 1. The number of morpholine rings is 1. The third kappa shape index (κ3) is 1.42. The Kier molecular flexibility index (Phi) is 2.22. The Hall–Kier alpha value is -1.40. The molecule has 6 heteroatoms. The molecule has 0 aromatic carbocycles. The summed E-state index contributed by atoms with van der Waals surface area (Å²) in [5, 5.41) is 0. The molecule has 1 saturated heterocycles. The standard InChI is InChI=1S/C12H13N3O2S/c16-11-10-9(7-1-2-8(7)18-10)13-12(14-11)15-3-5-17-6-4-15/h1-6H2,(H,13,14,16). The van der Waals surface area contributed by atoms with Crippen molar-refractivity contribution in [1.82, 2.24) is 9.97 Å². The predicted octanol–water partition coefficient (Wildman–Crippen LogP) is 0.920. The molecule has 2 aromatic heterocycles. The highest BCUT2D eigenvalue weighted by Gasteiger charge is 2.24. The van der Waals surface area contributed by atoms with Gasteiger partial charge >= 0.3 is 0 Å². The molecule has 2 aromatic rings. The second-order valence-corrected chi connectivity index (χ2v) is 5.78. The molecule has 1 aliphatic carbocycles. The van der Waals surface area contributed by atoms with Crippen LogP contribution in [0.2, 0.25) is 0 Å². The molecule has 0 bridgehead atoms. The lowest BCUT2D eigenvalue weighted by Crippen LogP contribution is -2.38. The average molecular weight is 263 g/mol. The fraction of sp³-hybridized carbons (Fsp3) is 0.500. The Labute approximate surface area is 107 Å². The monoisotopic (exact) mass is 263 g/mol. The van der Waals surface area contributed by atoms with Gasteiger partial charge in [0.05, 0.1) is 18.7 Å². The van der Waals surface area contributed by atoms with E-state index >= 15 is 0 Å². The van der Waals surface area contributed by atoms with Crippen molar-refractivity contribution in [2.75, 3.05) is 31.2 Å². The van der Waals surface area contributed by atoms with E-state index in [-0.39, 0.29) is 5.56 Å². The maximum absolute atomic E-state index is 12.1. The number of nitrogens with one attached hydrogen (secondary N) is 1. The molecule has 1 aliphatic heterocycles. The van der Waals surface area contributed by atoms with Crippen molar-refractivity contribution in [3.63, 3.8) is 0 Å². The SMILES string of the molecule is O=c1[nH]c(N2CCOCC2)nc2c3c(sc12)CC3. The Balaban J connectivity index is 1.86. The van der Waals surface area contributed by atoms with Gasteiger partial charge in [0.2, 0.25) is 5.95 Å². The molecule has 0 saturated carbocycles. The molecule has 94 valence electrons. The first-order valence-electron chi connectivity index (χ1n) is 6.20. The largest absolute Gasteiger partial charge is 0.378 e. The van der Waals surface area contributed by atoms with E-state index in [1.807, 2.05) is 0 Å². The normalized spacial score (nSPS) is 18.8. The van der Waals surface area contributed by atoms with Gasteiger partial charge in [-0.1, -0.05) is 0 Å². The molecule has 0 unspecified atom stereocenters. The van der Waals surface area contributed by atoms with Crippen LogP contribution < -0.4 is 10.5 Å². The highest BCUT2D eigenvalue weighted by molar-refractivity contribution is 7.19. The number of hydrogen-bond donors (Lipinski definition) is 1. The smallest absolute Gasteiger partial charge is 0.270 e. The van der Waals surface area contributed by atoms with Crippen LogP contribution in [0.5, 0.6) is 0 Å². The summed E-state index contributed by atoms with van der Waals surface area (Å²) in [6, 6.07) is 0. The third-order valence-corrected chi connectivity index (χ3v) is 4.90. The van der Waals surface area contributed by atoms with E-state index in [4.69, 9.17) is 4.74 Å². The summed E-state index contributed by atoms with van der Waals surface area (Å²) >= 11 is 1.60. The molecule has 3 heterocycles. The zero-order chi connectivity index (χ0) is 12.1. The Morgan fingerprint density at radius 2 is 2.11 bits per heavy atom. The zero-order valence-corrected chi connectivity index (χ0v) is 10.7. The minimum Gasteiger partial charge on any atom is -0.378 e. The second-order valence-electron chi connectivity index (χ2n) is 4.67. The molecule has 18 heavy (non-hydrogen) atoms. The summed E-state index contributed by atoms with van der Waals surface area (Å²) in [4.78, 5) is 23.1. The zero-order valence-electron chi connectivity index (χ0n) is 9.86. The van der Waals surface area contributed by atoms with Crippen molar-refractivity contribution in [2.24, 2.45) is 0 Å². The molecule has 1 fully saturated rings. The third-order valence-electron chi connectivity index (χ3n) is 3.62. The van der Waals surface area contributed by atoms with Crippen LogP contribution in [0.1, 0.15) is 10.4 Å². The predicted molar refractivity (Wildman–Crippen MR) is 70.7 cm³/mol. The van der Waals surface area contributed by atoms with Crippen molar-refractivity contribution in [3.8, 4) is 0 Å². The number of ether oxygens (including phenoxy) is 1. The molecular formula is C12H13N3O2S. The molecule has 0 spiro atoms. The number of aryl methyl sites for hydroxylation is 2. The Morgan fingerprint density at radius 1 is 1.28 bits per heavy atom. The maximum Gasteiger partial charge on any atom is 0.270 e. The summed E-state index contributed by atoms with van der Waals surface area (Å²) in [6.45, 7) is 2.98. The highest BCUT2D eigenvalue weighted by Crippen LogP contribution is 2.36. The molecule has 5 nitrogen and oxygen atoms in total. The summed E-state index contributed by atoms with van der Waals surface area (Å²) in [5.41, 5.74) is 2.21. The molecule has 0 radical (unpaired) electrons. The van der Waals surface area contributed by atoms with Gasteiger partial charge in [-0.2, -0.15) is 0 Å². The molecule has 4 rings (SSSR count). The molecule has 2 aliphatic rings. The van der Waals surface area contributed by atoms with Gasteiger partial charge in [0.25, 0.3) is 5.56 Å². The lowest BCUT2D eigenvalue weighted by atomic mass is 9.97. The van der Waals surface area contributed by atoms with Gasteiger partial charge in [0.1, 0.15) is 4.70 Å². The van der Waals surface area contributed by atoms with Crippen molar-refractivity contribution < 1.29 is 4.74 Å². The van der Waals surface area contributed by atoms with Gasteiger partial charge in [-0.15, -0.1) is 11.3 Å². The molecule has 0 amide bonds. The number of nitrogens with zero attached hydrogens (tertiary/aromatic N) is 2. The number of anilines is 1. The van der Waals surface area contributed by atoms with Crippen LogP contribution in [-0.2, 0) is 17.6 Å². The summed E-state index contributed by atoms with van der Waals surface area (Å²) in [5.74, 6) is 0.697. The van der Waals surface area contributed by atoms with E-state index in [1.54, 1.807) is 11.3 Å². The lowest BCUT2D eigenvalue weighted by Gasteiger charge is -2.27. The topological polar surface area (TPSA) is 58.2 Å². The van der Waals surface area contributed by atoms with Gasteiger partial charge in [0, 0.05) is 18.0 Å². The van der Waals surface area contributed by atoms with Crippen LogP contribution in [0.25, 0.3) is 10.2 Å². The van der Waals surface area contributed by atoms with Crippen LogP contribution in [0.15, 0.2) is 4.79 Å². The second kappa shape index (κ2) is 3.80. The Morgan fingerprint density at radius 3 is 2.83 bits per heavy atom. The van der Waals surface area contributed by atoms with E-state index < -0.39 is 0 Å². The summed E-state index contributed by atoms with van der Waals surface area (Å²) in [7, 11) is 0. The van der Waals surface area contributed by atoms with E-state index in [1.165, 1.54) is 10.4 Å². The van der Waals surface area contributed by atoms with Gasteiger partial charge < -0.3 is 9.64 Å². The van der Waals surface area contributed by atoms with Crippen molar-refractivity contribution in [2.45, 2.75) is 12.8 Å². The summed E-state index contributed by atoms with van der Waals surface area (Å²) < 4.78 is 6.11. The van der Waals surface area contributed by atoms with Gasteiger partial charge in [-0.25, -0.2) is 4.98 Å². The summed E-state index contributed by atoms with van der Waals surface area (Å²) in [6.07, 6.45) is 2.16. The lowest BCUT2D eigenvalue weighted by molar-refractivity contribution is 0.122. The first-order chi connectivity index (χ1) is 8.83. The van der Waals surface area contributed by atoms with Crippen LogP contribution in [0, 0.1) is 0 Å². The molecule has 0 atom stereocenters. The quantitative estimate of drug-likeness (QED) is 0.831. The fourth-order valence-corrected chi connectivity index (χ4v) is 3.69. The maximum atomic E-state index is 12.1. The highest BCUT2D eigenvalue weighted by atomic mass is 32.1. The first kappa shape index (κ1) is 10.5. The fourth-order valence-electron chi connectivity index (χ4n) is 2.51. The van der Waals surface area contributed by atoms with Crippen LogP contribution >= 0.6 is 11.3 Å². The van der Waals surface area contributed by atoms with Crippen molar-refractivity contribution in [3.05, 3.63) is 20.8 Å². The number of rotatable bonds is 1. The van der Waals surface area contributed by atoms with Gasteiger partial charge in [-0.05, 0) is 18.4 Å². The van der Waals surface area contributed by atoms with E-state index in [0.29, 0.717) is 19.2 Å². The van der Waals surface area contributed by atoms with Crippen molar-refractivity contribution in [1.29, 1.82) is 0 Å². The molecular weight excluding hydrogens is 250 g/mol. The number of aromatic nitrogens is 2. The minimum absolute atomic E-state index is 0.000826. The number of thiophene rings is 1. The van der Waals surface area contributed by atoms with Crippen molar-refractivity contribution >= 4 is 27.5 Å². The van der Waals surface area contributed by atoms with E-state index in [2.05, 4.69) is 14.9 Å². The van der Waals surface area contributed by atoms with Crippen LogP contribution in [-0.4, -0.2) is 36.3 Å². The van der Waals surface area contributed by atoms with Crippen LogP contribution in [0.3, 0.4) is 0 Å².